The van der Waals surface area contributed by atoms with Gasteiger partial charge in [-0.1, -0.05) is 0 Å². The first-order valence-corrected chi connectivity index (χ1v) is 4.17. The third-order valence-corrected chi connectivity index (χ3v) is 2.34. The number of nitrogens with two attached hydrogens (primary N) is 1. The normalized spacial score (nSPS) is 15.4. The smallest absolute Gasteiger partial charge is 0.148 e. The van der Waals surface area contributed by atoms with E-state index in [0.717, 1.165) is 25.2 Å². The van der Waals surface area contributed by atoms with E-state index in [4.69, 9.17) is 5.73 Å². The number of anilines is 1. The lowest BCUT2D eigenvalue weighted by Crippen LogP contribution is -2.01. The standard InChI is InChI=1S/C8H13N3/c1-2-11-7-5-3-4-6(7)8(9)10-11/h2-5H2,1H3,(H2,9,10). The monoisotopic (exact) mass is 151 g/mol. The van der Waals surface area contributed by atoms with Crippen molar-refractivity contribution in [3.8, 4) is 0 Å². The molecule has 0 spiro atoms. The maximum atomic E-state index is 5.74. The lowest BCUT2D eigenvalue weighted by atomic mass is 10.3. The summed E-state index contributed by atoms with van der Waals surface area (Å²) in [5.41, 5.74) is 8.40. The Morgan fingerprint density at radius 2 is 2.36 bits per heavy atom. The van der Waals surface area contributed by atoms with Crippen LogP contribution < -0.4 is 5.73 Å². The minimum atomic E-state index is 0.749. The van der Waals surface area contributed by atoms with E-state index in [1.807, 2.05) is 4.68 Å². The van der Waals surface area contributed by atoms with Crippen molar-refractivity contribution in [3.05, 3.63) is 11.3 Å². The van der Waals surface area contributed by atoms with Crippen LogP contribution >= 0.6 is 0 Å². The molecule has 11 heavy (non-hydrogen) atoms. The summed E-state index contributed by atoms with van der Waals surface area (Å²) in [4.78, 5) is 0. The molecule has 1 aliphatic rings. The molecule has 1 aromatic rings. The Morgan fingerprint density at radius 1 is 1.55 bits per heavy atom. The number of nitrogens with zero attached hydrogens (tertiary/aromatic N) is 2. The third kappa shape index (κ3) is 0.836. The van der Waals surface area contributed by atoms with Crippen LogP contribution in [0, 0.1) is 0 Å². The number of fused-ring (bicyclic) bond motifs is 1. The molecule has 0 unspecified atom stereocenters. The molecule has 3 heteroatoms. The summed E-state index contributed by atoms with van der Waals surface area (Å²) < 4.78 is 2.03. The number of nitrogen functional groups attached to an aromatic ring is 1. The summed E-state index contributed by atoms with van der Waals surface area (Å²) in [7, 11) is 0. The van der Waals surface area contributed by atoms with Gasteiger partial charge in [0.2, 0.25) is 0 Å². The second-order valence-corrected chi connectivity index (χ2v) is 2.98. The van der Waals surface area contributed by atoms with Crippen LogP contribution in [-0.4, -0.2) is 9.78 Å². The largest absolute Gasteiger partial charge is 0.382 e. The first-order chi connectivity index (χ1) is 5.33. The molecular formula is C8H13N3. The lowest BCUT2D eigenvalue weighted by Gasteiger charge is -1.98. The van der Waals surface area contributed by atoms with Gasteiger partial charge in [-0.2, -0.15) is 5.10 Å². The van der Waals surface area contributed by atoms with Gasteiger partial charge in [-0.3, -0.25) is 4.68 Å². The first-order valence-electron chi connectivity index (χ1n) is 4.17. The Morgan fingerprint density at radius 3 is 3.09 bits per heavy atom. The van der Waals surface area contributed by atoms with Gasteiger partial charge >= 0.3 is 0 Å². The summed E-state index contributed by atoms with van der Waals surface area (Å²) in [5.74, 6) is 0.749. The third-order valence-electron chi connectivity index (χ3n) is 2.34. The van der Waals surface area contributed by atoms with Crippen LogP contribution in [0.3, 0.4) is 0 Å². The van der Waals surface area contributed by atoms with Gasteiger partial charge in [0.15, 0.2) is 0 Å². The Hall–Kier alpha value is -0.990. The molecule has 0 aliphatic heterocycles. The molecular weight excluding hydrogens is 138 g/mol. The molecule has 60 valence electrons. The average molecular weight is 151 g/mol. The van der Waals surface area contributed by atoms with E-state index in [1.54, 1.807) is 0 Å². The van der Waals surface area contributed by atoms with E-state index < -0.39 is 0 Å². The number of hydrogen-bond acceptors (Lipinski definition) is 2. The van der Waals surface area contributed by atoms with Gasteiger partial charge in [0.25, 0.3) is 0 Å². The highest BCUT2D eigenvalue weighted by molar-refractivity contribution is 5.45. The molecule has 1 heterocycles. The molecule has 0 saturated heterocycles. The zero-order chi connectivity index (χ0) is 7.84. The number of aromatic nitrogens is 2. The van der Waals surface area contributed by atoms with Gasteiger partial charge < -0.3 is 5.73 Å². The van der Waals surface area contributed by atoms with Gasteiger partial charge in [-0.25, -0.2) is 0 Å². The predicted octanol–water partition coefficient (Wildman–Crippen LogP) is 0.974. The highest BCUT2D eigenvalue weighted by atomic mass is 15.3. The van der Waals surface area contributed by atoms with Crippen molar-refractivity contribution in [2.24, 2.45) is 0 Å². The summed E-state index contributed by atoms with van der Waals surface area (Å²) in [6.07, 6.45) is 3.53. The number of hydrogen-bond donors (Lipinski definition) is 1. The molecule has 2 N–H and O–H groups in total. The highest BCUT2D eigenvalue weighted by Gasteiger charge is 2.19. The average Bonchev–Trinajstić information content (AvgIpc) is 2.54. The Kier molecular flexibility index (Phi) is 1.37. The molecule has 0 aromatic carbocycles. The van der Waals surface area contributed by atoms with Gasteiger partial charge in [0.05, 0.1) is 0 Å². The fourth-order valence-corrected chi connectivity index (χ4v) is 1.80. The minimum absolute atomic E-state index is 0.749. The Bertz CT molecular complexity index is 275. The molecule has 3 nitrogen and oxygen atoms in total. The molecule has 1 aliphatic carbocycles. The zero-order valence-corrected chi connectivity index (χ0v) is 6.80. The molecule has 0 saturated carbocycles. The van der Waals surface area contributed by atoms with Gasteiger partial charge in [-0.15, -0.1) is 0 Å². The Balaban J connectivity index is 2.52. The zero-order valence-electron chi connectivity index (χ0n) is 6.80. The quantitative estimate of drug-likeness (QED) is 0.650. The highest BCUT2D eigenvalue weighted by Crippen LogP contribution is 2.26. The van der Waals surface area contributed by atoms with E-state index >= 15 is 0 Å². The maximum absolute atomic E-state index is 5.74. The van der Waals surface area contributed by atoms with Crippen LogP contribution in [-0.2, 0) is 19.4 Å². The van der Waals surface area contributed by atoms with Gasteiger partial charge in [0, 0.05) is 17.8 Å². The SMILES string of the molecule is CCn1nc(N)c2c1CCC2. The summed E-state index contributed by atoms with van der Waals surface area (Å²) in [6.45, 7) is 3.05. The molecule has 0 bridgehead atoms. The van der Waals surface area contributed by atoms with E-state index in [-0.39, 0.29) is 0 Å². The van der Waals surface area contributed by atoms with Crippen LogP contribution in [0.1, 0.15) is 24.6 Å². The van der Waals surface area contributed by atoms with Crippen molar-refractivity contribution in [1.82, 2.24) is 9.78 Å². The lowest BCUT2D eigenvalue weighted by molar-refractivity contribution is 0.624. The molecule has 0 radical (unpaired) electrons. The van der Waals surface area contributed by atoms with Crippen LogP contribution in [0.2, 0.25) is 0 Å². The maximum Gasteiger partial charge on any atom is 0.148 e. The van der Waals surface area contributed by atoms with E-state index in [1.165, 1.54) is 17.7 Å². The summed E-state index contributed by atoms with van der Waals surface area (Å²) in [6, 6.07) is 0. The van der Waals surface area contributed by atoms with Crippen molar-refractivity contribution in [2.75, 3.05) is 5.73 Å². The van der Waals surface area contributed by atoms with Gasteiger partial charge in [-0.05, 0) is 26.2 Å². The van der Waals surface area contributed by atoms with Crippen LogP contribution in [0.15, 0.2) is 0 Å². The van der Waals surface area contributed by atoms with Crippen molar-refractivity contribution < 1.29 is 0 Å². The van der Waals surface area contributed by atoms with E-state index in [9.17, 15) is 0 Å². The van der Waals surface area contributed by atoms with Crippen molar-refractivity contribution in [2.45, 2.75) is 32.7 Å². The minimum Gasteiger partial charge on any atom is -0.382 e. The molecule has 0 fully saturated rings. The fourth-order valence-electron chi connectivity index (χ4n) is 1.80. The molecule has 1 aromatic heterocycles. The van der Waals surface area contributed by atoms with Crippen molar-refractivity contribution >= 4 is 5.82 Å². The molecule has 0 atom stereocenters. The second kappa shape index (κ2) is 2.26. The predicted molar refractivity (Wildman–Crippen MR) is 44.3 cm³/mol. The van der Waals surface area contributed by atoms with Crippen LogP contribution in [0.5, 0.6) is 0 Å². The van der Waals surface area contributed by atoms with Crippen molar-refractivity contribution in [3.63, 3.8) is 0 Å². The van der Waals surface area contributed by atoms with Crippen molar-refractivity contribution in [1.29, 1.82) is 0 Å². The van der Waals surface area contributed by atoms with Crippen LogP contribution in [0.4, 0.5) is 5.82 Å². The summed E-state index contributed by atoms with van der Waals surface area (Å²) in [5, 5.41) is 4.25. The molecule has 0 amide bonds. The Labute approximate surface area is 66.2 Å². The van der Waals surface area contributed by atoms with E-state index in [2.05, 4.69) is 12.0 Å². The van der Waals surface area contributed by atoms with Crippen LogP contribution in [0.25, 0.3) is 0 Å². The summed E-state index contributed by atoms with van der Waals surface area (Å²) >= 11 is 0. The fraction of sp³-hybridized carbons (Fsp3) is 0.625. The second-order valence-electron chi connectivity index (χ2n) is 2.98. The number of aryl methyl sites for hydroxylation is 1. The van der Waals surface area contributed by atoms with E-state index in [0.29, 0.717) is 0 Å². The topological polar surface area (TPSA) is 43.8 Å². The molecule has 2 rings (SSSR count). The number of rotatable bonds is 1. The van der Waals surface area contributed by atoms with Gasteiger partial charge in [0.1, 0.15) is 5.82 Å². The first kappa shape index (κ1) is 6.70.